The lowest BCUT2D eigenvalue weighted by atomic mass is 10.1. The molecule has 7 nitrogen and oxygen atoms in total. The predicted molar refractivity (Wildman–Crippen MR) is 118 cm³/mol. The van der Waals surface area contributed by atoms with Crippen molar-refractivity contribution in [1.82, 2.24) is 20.3 Å². The molecule has 0 spiro atoms. The van der Waals surface area contributed by atoms with E-state index in [-0.39, 0.29) is 23.4 Å². The van der Waals surface area contributed by atoms with Gasteiger partial charge >= 0.3 is 0 Å². The highest BCUT2D eigenvalue weighted by Gasteiger charge is 2.27. The molecule has 3 aromatic heterocycles. The van der Waals surface area contributed by atoms with Crippen LogP contribution in [-0.2, 0) is 4.79 Å². The molecule has 4 rings (SSSR count). The minimum atomic E-state index is -0.255. The molecule has 0 bridgehead atoms. The van der Waals surface area contributed by atoms with Crippen LogP contribution in [0.3, 0.4) is 0 Å². The molecule has 9 heteroatoms. The fourth-order valence-corrected chi connectivity index (χ4v) is 4.97. The summed E-state index contributed by atoms with van der Waals surface area (Å²) in [7, 11) is 1.59. The van der Waals surface area contributed by atoms with Gasteiger partial charge < -0.3 is 10.1 Å². The largest absolute Gasteiger partial charge is 0.494 e. The minimum Gasteiger partial charge on any atom is -0.494 e. The number of rotatable bonds is 8. The van der Waals surface area contributed by atoms with Gasteiger partial charge in [-0.2, -0.15) is 0 Å². The summed E-state index contributed by atoms with van der Waals surface area (Å²) in [6, 6.07) is 5.75. The highest BCUT2D eigenvalue weighted by molar-refractivity contribution is 8.00. The molecular formula is C21H22N4O3S2. The second kappa shape index (κ2) is 8.69. The van der Waals surface area contributed by atoms with Gasteiger partial charge in [0.2, 0.25) is 5.91 Å². The number of ketones is 1. The number of hydrogen-bond donors (Lipinski definition) is 1. The molecule has 0 radical (unpaired) electrons. The second-order valence-corrected chi connectivity index (χ2v) is 9.28. The third kappa shape index (κ3) is 4.46. The number of nitrogens with one attached hydrogen (secondary N) is 1. The number of thioether (sulfide) groups is 1. The summed E-state index contributed by atoms with van der Waals surface area (Å²) in [4.78, 5) is 39.8. The topological polar surface area (TPSA) is 94.1 Å². The van der Waals surface area contributed by atoms with E-state index in [0.717, 1.165) is 17.7 Å². The number of Topliss-reactive ketones (excluding diaryl/α,β-unsaturated/α-hetero) is 1. The van der Waals surface area contributed by atoms with E-state index in [9.17, 15) is 9.59 Å². The van der Waals surface area contributed by atoms with Crippen molar-refractivity contribution in [3.63, 3.8) is 0 Å². The summed E-state index contributed by atoms with van der Waals surface area (Å²) in [5.41, 5.74) is 1.26. The van der Waals surface area contributed by atoms with E-state index < -0.39 is 0 Å². The maximum absolute atomic E-state index is 12.8. The first-order valence-corrected chi connectivity index (χ1v) is 11.5. The number of aromatic nitrogens is 3. The molecule has 3 heterocycles. The Labute approximate surface area is 182 Å². The van der Waals surface area contributed by atoms with Gasteiger partial charge in [-0.25, -0.2) is 9.97 Å². The van der Waals surface area contributed by atoms with Gasteiger partial charge in [-0.3, -0.25) is 14.6 Å². The lowest BCUT2D eigenvalue weighted by Gasteiger charge is -2.09. The highest BCUT2D eigenvalue weighted by Crippen LogP contribution is 2.31. The Balaban J connectivity index is 1.46. The molecule has 1 aliphatic rings. The monoisotopic (exact) mass is 442 g/mol. The van der Waals surface area contributed by atoms with Crippen LogP contribution in [0.25, 0.3) is 11.0 Å². The van der Waals surface area contributed by atoms with E-state index in [0.29, 0.717) is 38.6 Å². The molecular weight excluding hydrogens is 420 g/mol. The van der Waals surface area contributed by atoms with Crippen LogP contribution < -0.4 is 10.1 Å². The number of carbonyl (C=O) groups is 2. The van der Waals surface area contributed by atoms with Gasteiger partial charge in [0, 0.05) is 23.2 Å². The molecule has 1 saturated carbocycles. The van der Waals surface area contributed by atoms with E-state index in [2.05, 4.69) is 20.3 Å². The van der Waals surface area contributed by atoms with Crippen LogP contribution >= 0.6 is 23.1 Å². The Bertz CT molecular complexity index is 1110. The van der Waals surface area contributed by atoms with Crippen molar-refractivity contribution in [2.75, 3.05) is 12.9 Å². The molecule has 1 N–H and O–H groups in total. The summed E-state index contributed by atoms with van der Waals surface area (Å²) in [5.74, 6) is 1.22. The third-order valence-electron chi connectivity index (χ3n) is 4.83. The molecule has 0 aliphatic heterocycles. The van der Waals surface area contributed by atoms with Crippen LogP contribution in [0.4, 0.5) is 0 Å². The minimum absolute atomic E-state index is 0.00152. The Morgan fingerprint density at radius 1 is 1.27 bits per heavy atom. The summed E-state index contributed by atoms with van der Waals surface area (Å²) in [6.45, 7) is 3.68. The number of methoxy groups -OCH3 is 1. The second-order valence-electron chi connectivity index (χ2n) is 7.20. The number of nitrogens with zero attached hydrogens (tertiary/aromatic N) is 3. The molecule has 0 saturated heterocycles. The van der Waals surface area contributed by atoms with Gasteiger partial charge in [0.05, 0.1) is 23.7 Å². The maximum atomic E-state index is 12.8. The maximum Gasteiger partial charge on any atom is 0.228 e. The van der Waals surface area contributed by atoms with Crippen molar-refractivity contribution >= 4 is 45.8 Å². The molecule has 1 fully saturated rings. The van der Waals surface area contributed by atoms with E-state index in [4.69, 9.17) is 4.74 Å². The molecule has 30 heavy (non-hydrogen) atoms. The first-order chi connectivity index (χ1) is 14.5. The zero-order valence-electron chi connectivity index (χ0n) is 17.0. The van der Waals surface area contributed by atoms with Crippen molar-refractivity contribution in [3.8, 4) is 5.75 Å². The number of ether oxygens (including phenoxy) is 1. The number of amides is 1. The third-order valence-corrected chi connectivity index (χ3v) is 7.11. The van der Waals surface area contributed by atoms with Crippen LogP contribution in [0.15, 0.2) is 29.4 Å². The fourth-order valence-electron chi connectivity index (χ4n) is 2.98. The van der Waals surface area contributed by atoms with Crippen LogP contribution in [0.5, 0.6) is 5.75 Å². The fraction of sp³-hybridized carbons (Fsp3) is 0.381. The molecule has 1 aliphatic carbocycles. The number of hydrogen-bond acceptors (Lipinski definition) is 8. The number of fused-ring (bicyclic) bond motifs is 1. The standard InChI is InChI=1S/C21H22N4O3S2/c1-11(20(27)25-13-4-5-13)16-6-7-17(30-16)14(26)10-29-21-19-18(23-12(2)24-21)15(28-3)8-9-22-19/h6-9,11,13H,4-5,10H2,1-3H3,(H,25,27). The Kier molecular flexibility index (Phi) is 6.01. The van der Waals surface area contributed by atoms with E-state index in [1.807, 2.05) is 13.0 Å². The first-order valence-electron chi connectivity index (χ1n) is 9.69. The lowest BCUT2D eigenvalue weighted by Crippen LogP contribution is -2.29. The SMILES string of the molecule is COc1ccnc2c(SCC(=O)c3ccc(C(C)C(=O)NC4CC4)s3)nc(C)nc12. The van der Waals surface area contributed by atoms with Gasteiger partial charge in [0.25, 0.3) is 0 Å². The number of aryl methyl sites for hydroxylation is 1. The Hall–Kier alpha value is -2.52. The van der Waals surface area contributed by atoms with Crippen molar-refractivity contribution in [3.05, 3.63) is 40.0 Å². The van der Waals surface area contributed by atoms with Crippen LogP contribution in [0.2, 0.25) is 0 Å². The molecule has 1 unspecified atom stereocenters. The number of carbonyl (C=O) groups excluding carboxylic acids is 2. The first kappa shape index (κ1) is 20.7. The lowest BCUT2D eigenvalue weighted by molar-refractivity contribution is -0.122. The summed E-state index contributed by atoms with van der Waals surface area (Å²) >= 11 is 2.72. The predicted octanol–water partition coefficient (Wildman–Crippen LogP) is 3.76. The van der Waals surface area contributed by atoms with Crippen LogP contribution in [0.1, 0.15) is 46.1 Å². The van der Waals surface area contributed by atoms with Crippen molar-refractivity contribution < 1.29 is 14.3 Å². The summed E-state index contributed by atoms with van der Waals surface area (Å²) < 4.78 is 5.37. The van der Waals surface area contributed by atoms with E-state index in [1.54, 1.807) is 32.4 Å². The van der Waals surface area contributed by atoms with Crippen molar-refractivity contribution in [2.24, 2.45) is 0 Å². The summed E-state index contributed by atoms with van der Waals surface area (Å²) in [5, 5.41) is 3.67. The van der Waals surface area contributed by atoms with Gasteiger partial charge in [0.15, 0.2) is 5.78 Å². The quantitative estimate of drug-likeness (QED) is 0.322. The Morgan fingerprint density at radius 3 is 2.80 bits per heavy atom. The molecule has 1 atom stereocenters. The zero-order chi connectivity index (χ0) is 21.3. The molecule has 0 aromatic carbocycles. The van der Waals surface area contributed by atoms with E-state index in [1.165, 1.54) is 23.1 Å². The normalized spacial score (nSPS) is 14.5. The van der Waals surface area contributed by atoms with Crippen molar-refractivity contribution in [2.45, 2.75) is 43.7 Å². The van der Waals surface area contributed by atoms with Gasteiger partial charge in [-0.1, -0.05) is 11.8 Å². The average Bonchev–Trinajstić information content (AvgIpc) is 3.41. The van der Waals surface area contributed by atoms with Crippen molar-refractivity contribution in [1.29, 1.82) is 0 Å². The molecule has 1 amide bonds. The zero-order valence-corrected chi connectivity index (χ0v) is 18.6. The molecule has 3 aromatic rings. The van der Waals surface area contributed by atoms with Gasteiger partial charge in [-0.05, 0) is 38.8 Å². The summed E-state index contributed by atoms with van der Waals surface area (Å²) in [6.07, 6.45) is 3.76. The molecule has 156 valence electrons. The smallest absolute Gasteiger partial charge is 0.228 e. The Morgan fingerprint density at radius 2 is 2.07 bits per heavy atom. The number of thiophene rings is 1. The average molecular weight is 443 g/mol. The van der Waals surface area contributed by atoms with Gasteiger partial charge in [-0.15, -0.1) is 11.3 Å². The van der Waals surface area contributed by atoms with Crippen LogP contribution in [0, 0.1) is 6.92 Å². The highest BCUT2D eigenvalue weighted by atomic mass is 32.2. The van der Waals surface area contributed by atoms with Gasteiger partial charge in [0.1, 0.15) is 27.6 Å². The number of pyridine rings is 1. The van der Waals surface area contributed by atoms with Crippen LogP contribution in [-0.4, -0.2) is 45.5 Å². The van der Waals surface area contributed by atoms with E-state index >= 15 is 0 Å².